The fourth-order valence-electron chi connectivity index (χ4n) is 2.82. The van der Waals surface area contributed by atoms with Gasteiger partial charge in [-0.15, -0.1) is 0 Å². The number of rotatable bonds is 7. The van der Waals surface area contributed by atoms with Crippen LogP contribution >= 0.6 is 11.6 Å². The number of fused-ring (bicyclic) bond motifs is 1. The number of hydrogen-bond donors (Lipinski definition) is 0. The number of carbonyl (C=O) groups is 1. The second-order valence-electron chi connectivity index (χ2n) is 6.08. The van der Waals surface area contributed by atoms with Crippen molar-refractivity contribution in [1.29, 1.82) is 0 Å². The molecular formula is C23H20ClNO4. The molecule has 0 aliphatic rings. The molecule has 0 unspecified atom stereocenters. The molecule has 3 rings (SSSR count). The Hall–Kier alpha value is -3.31. The predicted molar refractivity (Wildman–Crippen MR) is 116 cm³/mol. The zero-order valence-electron chi connectivity index (χ0n) is 16.3. The maximum atomic E-state index is 12.3. The molecule has 0 amide bonds. The number of ether oxygens (including phenoxy) is 3. The molecule has 0 saturated heterocycles. The summed E-state index contributed by atoms with van der Waals surface area (Å²) in [6.07, 6.45) is 6.17. The Morgan fingerprint density at radius 2 is 1.59 bits per heavy atom. The minimum Gasteiger partial charge on any atom is -0.496 e. The van der Waals surface area contributed by atoms with E-state index in [0.717, 1.165) is 10.9 Å². The van der Waals surface area contributed by atoms with Gasteiger partial charge in [-0.05, 0) is 36.4 Å². The fourth-order valence-corrected chi connectivity index (χ4v) is 3.02. The standard InChI is InChI=1S/C23H20ClNO4/c1-27-18-13-21(28-2)19(22(14-18)29-3)11-10-17(26)9-8-16-12-15-6-4-5-7-20(15)25-23(16)24/h4-14H,1-3H3/b9-8+,11-10+. The molecule has 29 heavy (non-hydrogen) atoms. The van der Waals surface area contributed by atoms with Gasteiger partial charge in [-0.1, -0.05) is 29.8 Å². The van der Waals surface area contributed by atoms with Crippen molar-refractivity contribution in [3.8, 4) is 17.2 Å². The quantitative estimate of drug-likeness (QED) is 0.396. The van der Waals surface area contributed by atoms with Gasteiger partial charge in [0.15, 0.2) is 5.78 Å². The van der Waals surface area contributed by atoms with Crippen LogP contribution in [0.25, 0.3) is 23.1 Å². The van der Waals surface area contributed by atoms with Gasteiger partial charge in [0.1, 0.15) is 22.4 Å². The highest BCUT2D eigenvalue weighted by atomic mass is 35.5. The molecule has 0 aliphatic heterocycles. The van der Waals surface area contributed by atoms with Gasteiger partial charge < -0.3 is 14.2 Å². The average molecular weight is 410 g/mol. The first-order chi connectivity index (χ1) is 14.0. The molecule has 2 aromatic carbocycles. The number of benzene rings is 2. The normalized spacial score (nSPS) is 11.3. The van der Waals surface area contributed by atoms with Gasteiger partial charge in [0.05, 0.1) is 32.4 Å². The molecule has 3 aromatic rings. The van der Waals surface area contributed by atoms with Crippen LogP contribution in [-0.4, -0.2) is 32.1 Å². The van der Waals surface area contributed by atoms with E-state index < -0.39 is 0 Å². The molecule has 1 heterocycles. The van der Waals surface area contributed by atoms with Crippen molar-refractivity contribution in [1.82, 2.24) is 4.98 Å². The average Bonchev–Trinajstić information content (AvgIpc) is 2.75. The molecule has 148 valence electrons. The van der Waals surface area contributed by atoms with Crippen LogP contribution in [0.4, 0.5) is 0 Å². The van der Waals surface area contributed by atoms with E-state index in [1.54, 1.807) is 45.6 Å². The van der Waals surface area contributed by atoms with E-state index >= 15 is 0 Å². The summed E-state index contributed by atoms with van der Waals surface area (Å²) in [6.45, 7) is 0. The van der Waals surface area contributed by atoms with E-state index in [2.05, 4.69) is 4.98 Å². The number of pyridine rings is 1. The molecule has 5 nitrogen and oxygen atoms in total. The number of para-hydroxylation sites is 1. The van der Waals surface area contributed by atoms with Gasteiger partial charge >= 0.3 is 0 Å². The van der Waals surface area contributed by atoms with E-state index in [1.807, 2.05) is 30.3 Å². The summed E-state index contributed by atoms with van der Waals surface area (Å²) in [5, 5.41) is 1.29. The molecule has 1 aromatic heterocycles. The molecule has 0 aliphatic carbocycles. The molecule has 0 spiro atoms. The van der Waals surface area contributed by atoms with E-state index in [1.165, 1.54) is 12.2 Å². The highest BCUT2D eigenvalue weighted by molar-refractivity contribution is 6.31. The number of allylic oxidation sites excluding steroid dienone is 2. The third-order valence-corrected chi connectivity index (χ3v) is 4.60. The lowest BCUT2D eigenvalue weighted by Gasteiger charge is -2.12. The summed E-state index contributed by atoms with van der Waals surface area (Å²) in [6, 6.07) is 13.0. The first-order valence-corrected chi connectivity index (χ1v) is 9.19. The molecule has 6 heteroatoms. The summed E-state index contributed by atoms with van der Waals surface area (Å²) < 4.78 is 16.0. The van der Waals surface area contributed by atoms with Gasteiger partial charge in [-0.2, -0.15) is 0 Å². The Labute approximate surface area is 174 Å². The first kappa shape index (κ1) is 20.4. The Morgan fingerprint density at radius 3 is 2.24 bits per heavy atom. The van der Waals surface area contributed by atoms with Gasteiger partial charge in [0.2, 0.25) is 0 Å². The first-order valence-electron chi connectivity index (χ1n) is 8.81. The minimum absolute atomic E-state index is 0.214. The monoisotopic (exact) mass is 409 g/mol. The third-order valence-electron chi connectivity index (χ3n) is 4.30. The van der Waals surface area contributed by atoms with Crippen molar-refractivity contribution < 1.29 is 19.0 Å². The second kappa shape index (κ2) is 9.26. The van der Waals surface area contributed by atoms with E-state index in [9.17, 15) is 4.79 Å². The summed E-state index contributed by atoms with van der Waals surface area (Å²) >= 11 is 6.23. The second-order valence-corrected chi connectivity index (χ2v) is 6.43. The zero-order chi connectivity index (χ0) is 20.8. The maximum Gasteiger partial charge on any atom is 0.178 e. The number of aromatic nitrogens is 1. The van der Waals surface area contributed by atoms with Gasteiger partial charge in [0.25, 0.3) is 0 Å². The molecular weight excluding hydrogens is 390 g/mol. The maximum absolute atomic E-state index is 12.3. The summed E-state index contributed by atoms with van der Waals surface area (Å²) in [5.41, 5.74) is 2.12. The SMILES string of the molecule is COc1cc(OC)c(/C=C/C(=O)/C=C/c2cc3ccccc3nc2Cl)c(OC)c1. The van der Waals surface area contributed by atoms with Crippen LogP contribution in [0.1, 0.15) is 11.1 Å². The van der Waals surface area contributed by atoms with Crippen molar-refractivity contribution >= 4 is 40.4 Å². The van der Waals surface area contributed by atoms with Crippen molar-refractivity contribution in [2.75, 3.05) is 21.3 Å². The molecule has 0 N–H and O–H groups in total. The number of halogens is 1. The van der Waals surface area contributed by atoms with Crippen LogP contribution in [0.15, 0.2) is 54.6 Å². The molecule has 0 saturated carbocycles. The molecule has 0 atom stereocenters. The smallest absolute Gasteiger partial charge is 0.178 e. The van der Waals surface area contributed by atoms with Gasteiger partial charge in [-0.25, -0.2) is 4.98 Å². The summed E-state index contributed by atoms with van der Waals surface area (Å²) in [4.78, 5) is 16.7. The molecule has 0 bridgehead atoms. The largest absolute Gasteiger partial charge is 0.496 e. The van der Waals surface area contributed by atoms with Crippen molar-refractivity contribution in [2.24, 2.45) is 0 Å². The lowest BCUT2D eigenvalue weighted by atomic mass is 10.1. The van der Waals surface area contributed by atoms with Crippen molar-refractivity contribution in [2.45, 2.75) is 0 Å². The van der Waals surface area contributed by atoms with E-state index in [0.29, 0.717) is 33.5 Å². The van der Waals surface area contributed by atoms with Crippen LogP contribution in [0, 0.1) is 0 Å². The summed E-state index contributed by atoms with van der Waals surface area (Å²) in [5.74, 6) is 1.46. The number of carbonyl (C=O) groups excluding carboxylic acids is 1. The van der Waals surface area contributed by atoms with Crippen LogP contribution < -0.4 is 14.2 Å². The minimum atomic E-state index is -0.214. The topological polar surface area (TPSA) is 57.7 Å². The lowest BCUT2D eigenvalue weighted by molar-refractivity contribution is -0.110. The van der Waals surface area contributed by atoms with E-state index in [4.69, 9.17) is 25.8 Å². The number of nitrogens with zero attached hydrogens (tertiary/aromatic N) is 1. The molecule has 0 radical (unpaired) electrons. The van der Waals surface area contributed by atoms with Gasteiger partial charge in [-0.3, -0.25) is 4.79 Å². The predicted octanol–water partition coefficient (Wildman–Crippen LogP) is 5.21. The number of ketones is 1. The fraction of sp³-hybridized carbons (Fsp3) is 0.130. The number of hydrogen-bond acceptors (Lipinski definition) is 5. The Balaban J connectivity index is 1.84. The van der Waals surface area contributed by atoms with Crippen LogP contribution in [0.2, 0.25) is 5.15 Å². The van der Waals surface area contributed by atoms with Crippen LogP contribution in [0.3, 0.4) is 0 Å². The van der Waals surface area contributed by atoms with Crippen LogP contribution in [0.5, 0.6) is 17.2 Å². The number of methoxy groups -OCH3 is 3. The zero-order valence-corrected chi connectivity index (χ0v) is 17.1. The van der Waals surface area contributed by atoms with Gasteiger partial charge in [0, 0.05) is 23.1 Å². The van der Waals surface area contributed by atoms with Crippen molar-refractivity contribution in [3.05, 3.63) is 70.9 Å². The Bertz CT molecular complexity index is 1080. The highest BCUT2D eigenvalue weighted by Crippen LogP contribution is 2.35. The summed E-state index contributed by atoms with van der Waals surface area (Å²) in [7, 11) is 4.65. The highest BCUT2D eigenvalue weighted by Gasteiger charge is 2.11. The van der Waals surface area contributed by atoms with Crippen LogP contribution in [-0.2, 0) is 4.79 Å². The molecule has 0 fully saturated rings. The Kier molecular flexibility index (Phi) is 6.52. The van der Waals surface area contributed by atoms with Crippen molar-refractivity contribution in [3.63, 3.8) is 0 Å². The lowest BCUT2D eigenvalue weighted by Crippen LogP contribution is -1.95. The third kappa shape index (κ3) is 4.76. The van der Waals surface area contributed by atoms with E-state index in [-0.39, 0.29) is 5.78 Å². The Morgan fingerprint density at radius 1 is 0.931 bits per heavy atom.